The summed E-state index contributed by atoms with van der Waals surface area (Å²) in [5.41, 5.74) is 0.920. The molecule has 2 aromatic rings. The Bertz CT molecular complexity index is 541. The summed E-state index contributed by atoms with van der Waals surface area (Å²) in [6.07, 6.45) is 3.13. The number of amides is 1. The fourth-order valence-corrected chi connectivity index (χ4v) is 1.46. The zero-order valence-electron chi connectivity index (χ0n) is 9.05. The third-order valence-corrected chi connectivity index (χ3v) is 2.37. The van der Waals surface area contributed by atoms with E-state index in [1.54, 1.807) is 0 Å². The number of carbonyl (C=O) groups excluding carboxylic acids is 1. The Morgan fingerprint density at radius 3 is 3.24 bits per heavy atom. The second-order valence-electron chi connectivity index (χ2n) is 3.26. The lowest BCUT2D eigenvalue weighted by molar-refractivity contribution is -0.117. The summed E-state index contributed by atoms with van der Waals surface area (Å²) in [4.78, 5) is 15.4. The number of hydrogen-bond donors (Lipinski definition) is 1. The standard InChI is InChI=1S/C9H10ClN5O2/c1-17-3-2-7(16)13-6-4-11-9(10)15-5-12-14-8(6)15/h4-5H,2-3H2,1H3,(H,13,16). The lowest BCUT2D eigenvalue weighted by atomic mass is 10.4. The average molecular weight is 256 g/mol. The topological polar surface area (TPSA) is 81.4 Å². The number of ether oxygens (including phenoxy) is 1. The Kier molecular flexibility index (Phi) is 3.50. The van der Waals surface area contributed by atoms with Gasteiger partial charge in [0.2, 0.25) is 11.2 Å². The first-order valence-electron chi connectivity index (χ1n) is 4.85. The maximum Gasteiger partial charge on any atom is 0.226 e. The van der Waals surface area contributed by atoms with Crippen LogP contribution in [-0.4, -0.2) is 39.2 Å². The molecule has 1 N–H and O–H groups in total. The van der Waals surface area contributed by atoms with Crippen LogP contribution in [0.15, 0.2) is 12.5 Å². The van der Waals surface area contributed by atoms with Crippen molar-refractivity contribution < 1.29 is 9.53 Å². The van der Waals surface area contributed by atoms with E-state index in [1.807, 2.05) is 0 Å². The summed E-state index contributed by atoms with van der Waals surface area (Å²) >= 11 is 5.83. The number of nitrogens with zero attached hydrogens (tertiary/aromatic N) is 4. The molecule has 2 rings (SSSR count). The molecule has 7 nitrogen and oxygen atoms in total. The van der Waals surface area contributed by atoms with E-state index in [4.69, 9.17) is 16.3 Å². The first-order chi connectivity index (χ1) is 8.22. The molecule has 90 valence electrons. The smallest absolute Gasteiger partial charge is 0.226 e. The molecule has 0 atom stereocenters. The van der Waals surface area contributed by atoms with Gasteiger partial charge in [-0.05, 0) is 11.6 Å². The van der Waals surface area contributed by atoms with Gasteiger partial charge in [0, 0.05) is 7.11 Å². The fourth-order valence-electron chi connectivity index (χ4n) is 1.29. The van der Waals surface area contributed by atoms with Crippen molar-refractivity contribution in [3.63, 3.8) is 0 Å². The molecule has 1 amide bonds. The molecular formula is C9H10ClN5O2. The van der Waals surface area contributed by atoms with Crippen LogP contribution >= 0.6 is 11.6 Å². The van der Waals surface area contributed by atoms with Crippen LogP contribution in [0.3, 0.4) is 0 Å². The molecule has 2 aromatic heterocycles. The molecule has 0 aliphatic heterocycles. The van der Waals surface area contributed by atoms with Gasteiger partial charge in [-0.25, -0.2) is 4.98 Å². The summed E-state index contributed by atoms with van der Waals surface area (Å²) in [5, 5.41) is 10.5. The Labute approximate surface area is 102 Å². The summed E-state index contributed by atoms with van der Waals surface area (Å²) in [5.74, 6) is -0.180. The van der Waals surface area contributed by atoms with Gasteiger partial charge in [-0.2, -0.15) is 0 Å². The summed E-state index contributed by atoms with van der Waals surface area (Å²) in [6.45, 7) is 0.357. The van der Waals surface area contributed by atoms with Crippen molar-refractivity contribution in [2.45, 2.75) is 6.42 Å². The largest absolute Gasteiger partial charge is 0.384 e. The number of carbonyl (C=O) groups is 1. The summed E-state index contributed by atoms with van der Waals surface area (Å²) in [7, 11) is 1.54. The predicted molar refractivity (Wildman–Crippen MR) is 60.9 cm³/mol. The number of anilines is 1. The van der Waals surface area contributed by atoms with E-state index in [-0.39, 0.29) is 17.6 Å². The summed E-state index contributed by atoms with van der Waals surface area (Å²) in [6, 6.07) is 0. The van der Waals surface area contributed by atoms with Gasteiger partial charge in [0.05, 0.1) is 19.2 Å². The minimum Gasteiger partial charge on any atom is -0.384 e. The minimum absolute atomic E-state index is 0.180. The normalized spacial score (nSPS) is 10.7. The van der Waals surface area contributed by atoms with Crippen molar-refractivity contribution in [3.8, 4) is 0 Å². The first-order valence-corrected chi connectivity index (χ1v) is 5.23. The van der Waals surface area contributed by atoms with E-state index in [0.29, 0.717) is 17.9 Å². The number of fused-ring (bicyclic) bond motifs is 1. The Morgan fingerprint density at radius 1 is 1.65 bits per heavy atom. The molecule has 0 saturated heterocycles. The molecule has 0 radical (unpaired) electrons. The zero-order chi connectivity index (χ0) is 12.3. The molecule has 0 aliphatic carbocycles. The van der Waals surface area contributed by atoms with E-state index in [0.717, 1.165) is 0 Å². The predicted octanol–water partition coefficient (Wildman–Crippen LogP) is 0.753. The van der Waals surface area contributed by atoms with Crippen molar-refractivity contribution >= 4 is 28.8 Å². The molecule has 0 bridgehead atoms. The third-order valence-electron chi connectivity index (χ3n) is 2.09. The van der Waals surface area contributed by atoms with Crippen LogP contribution in [0.5, 0.6) is 0 Å². The molecule has 2 heterocycles. The SMILES string of the molecule is COCCC(=O)Nc1cnc(Cl)n2cnnc12. The van der Waals surface area contributed by atoms with Gasteiger partial charge in [0.15, 0.2) is 5.65 Å². The van der Waals surface area contributed by atoms with E-state index in [1.165, 1.54) is 24.0 Å². The lowest BCUT2D eigenvalue weighted by Crippen LogP contribution is -2.14. The number of halogens is 1. The number of aromatic nitrogens is 4. The van der Waals surface area contributed by atoms with Gasteiger partial charge in [-0.1, -0.05) is 0 Å². The highest BCUT2D eigenvalue weighted by Gasteiger charge is 2.10. The van der Waals surface area contributed by atoms with Crippen molar-refractivity contribution in [1.82, 2.24) is 19.6 Å². The Balaban J connectivity index is 2.21. The highest BCUT2D eigenvalue weighted by Crippen LogP contribution is 2.16. The monoisotopic (exact) mass is 255 g/mol. The Morgan fingerprint density at radius 2 is 2.47 bits per heavy atom. The van der Waals surface area contributed by atoms with Gasteiger partial charge in [0.25, 0.3) is 0 Å². The summed E-state index contributed by atoms with van der Waals surface area (Å²) < 4.78 is 6.29. The highest BCUT2D eigenvalue weighted by molar-refractivity contribution is 6.28. The molecule has 0 aromatic carbocycles. The minimum atomic E-state index is -0.180. The molecule has 0 spiro atoms. The van der Waals surface area contributed by atoms with Crippen molar-refractivity contribution in [2.24, 2.45) is 0 Å². The molecule has 0 saturated carbocycles. The number of methoxy groups -OCH3 is 1. The van der Waals surface area contributed by atoms with Crippen molar-refractivity contribution in [3.05, 3.63) is 17.8 Å². The van der Waals surface area contributed by atoms with Gasteiger partial charge >= 0.3 is 0 Å². The molecular weight excluding hydrogens is 246 g/mol. The quantitative estimate of drug-likeness (QED) is 0.816. The van der Waals surface area contributed by atoms with Gasteiger partial charge < -0.3 is 10.1 Å². The lowest BCUT2D eigenvalue weighted by Gasteiger charge is -2.05. The van der Waals surface area contributed by atoms with Gasteiger partial charge in [0.1, 0.15) is 12.0 Å². The third kappa shape index (κ3) is 2.51. The maximum absolute atomic E-state index is 11.5. The second-order valence-corrected chi connectivity index (χ2v) is 3.59. The van der Waals surface area contributed by atoms with Crippen molar-refractivity contribution in [2.75, 3.05) is 19.0 Å². The maximum atomic E-state index is 11.5. The van der Waals surface area contributed by atoms with E-state index >= 15 is 0 Å². The van der Waals surface area contributed by atoms with E-state index in [2.05, 4.69) is 20.5 Å². The fraction of sp³-hybridized carbons (Fsp3) is 0.333. The van der Waals surface area contributed by atoms with Crippen LogP contribution in [0.25, 0.3) is 5.65 Å². The van der Waals surface area contributed by atoms with E-state index in [9.17, 15) is 4.79 Å². The molecule has 17 heavy (non-hydrogen) atoms. The highest BCUT2D eigenvalue weighted by atomic mass is 35.5. The van der Waals surface area contributed by atoms with Crippen LogP contribution in [-0.2, 0) is 9.53 Å². The van der Waals surface area contributed by atoms with Gasteiger partial charge in [-0.3, -0.25) is 9.20 Å². The molecule has 0 aliphatic rings. The number of nitrogens with one attached hydrogen (secondary N) is 1. The van der Waals surface area contributed by atoms with Crippen LogP contribution in [0.1, 0.15) is 6.42 Å². The van der Waals surface area contributed by atoms with Crippen LogP contribution in [0, 0.1) is 0 Å². The first kappa shape index (κ1) is 11.7. The van der Waals surface area contributed by atoms with Gasteiger partial charge in [-0.15, -0.1) is 10.2 Å². The molecule has 8 heteroatoms. The van der Waals surface area contributed by atoms with E-state index < -0.39 is 0 Å². The second kappa shape index (κ2) is 5.07. The van der Waals surface area contributed by atoms with Crippen LogP contribution in [0.4, 0.5) is 5.69 Å². The Hall–Kier alpha value is -1.73. The molecule has 0 unspecified atom stereocenters. The zero-order valence-corrected chi connectivity index (χ0v) is 9.81. The average Bonchev–Trinajstić information content (AvgIpc) is 2.80. The number of rotatable bonds is 4. The van der Waals surface area contributed by atoms with Crippen LogP contribution in [0.2, 0.25) is 5.28 Å². The number of hydrogen-bond acceptors (Lipinski definition) is 5. The van der Waals surface area contributed by atoms with Crippen LogP contribution < -0.4 is 5.32 Å². The molecule has 0 fully saturated rings. The van der Waals surface area contributed by atoms with Crippen molar-refractivity contribution in [1.29, 1.82) is 0 Å².